The topological polar surface area (TPSA) is 95.9 Å². The highest BCUT2D eigenvalue weighted by molar-refractivity contribution is 5.76. The fourth-order valence-electron chi connectivity index (χ4n) is 8.81. The Labute approximate surface area is 399 Å². The molecule has 0 bridgehead atoms. The number of ether oxygens (including phenoxy) is 1. The molecule has 2 atom stereocenters. The average Bonchev–Trinajstić information content (AvgIpc) is 3.29. The molecule has 0 aromatic carbocycles. The molecule has 0 saturated carbocycles. The summed E-state index contributed by atoms with van der Waals surface area (Å²) in [6, 6.07) is -0.649. The van der Waals surface area contributed by atoms with E-state index in [0.29, 0.717) is 19.4 Å². The van der Waals surface area contributed by atoms with Crippen LogP contribution in [0.2, 0.25) is 0 Å². The highest BCUT2D eigenvalue weighted by Gasteiger charge is 2.18. The second kappa shape index (κ2) is 54.0. The largest absolute Gasteiger partial charge is 0.466 e. The molecule has 0 saturated heterocycles. The minimum atomic E-state index is -0.863. The van der Waals surface area contributed by atoms with E-state index in [4.69, 9.17) is 4.74 Å². The fraction of sp³-hybridized carbons (Fsp3) is 0.897. The van der Waals surface area contributed by atoms with Crippen molar-refractivity contribution in [1.82, 2.24) is 5.32 Å². The van der Waals surface area contributed by atoms with E-state index in [0.717, 1.165) is 83.5 Å². The van der Waals surface area contributed by atoms with E-state index < -0.39 is 12.1 Å². The molecule has 0 aromatic heterocycles. The lowest BCUT2D eigenvalue weighted by molar-refractivity contribution is -0.143. The van der Waals surface area contributed by atoms with Crippen LogP contribution in [-0.2, 0) is 14.3 Å². The first-order valence-electron chi connectivity index (χ1n) is 28.6. The highest BCUT2D eigenvalue weighted by Crippen LogP contribution is 2.17. The Balaban J connectivity index is 3.53. The predicted octanol–water partition coefficient (Wildman–Crippen LogP) is 17.5. The van der Waals surface area contributed by atoms with Gasteiger partial charge in [0.2, 0.25) is 5.91 Å². The van der Waals surface area contributed by atoms with Gasteiger partial charge in [0.25, 0.3) is 0 Å². The van der Waals surface area contributed by atoms with Gasteiger partial charge >= 0.3 is 5.97 Å². The molecule has 0 aliphatic heterocycles. The molecule has 0 aliphatic rings. The number of carbonyl (C=O) groups is 2. The van der Waals surface area contributed by atoms with Crippen molar-refractivity contribution in [3.05, 3.63) is 24.3 Å². The smallest absolute Gasteiger partial charge is 0.305 e. The van der Waals surface area contributed by atoms with Gasteiger partial charge in [-0.05, 0) is 57.8 Å². The van der Waals surface area contributed by atoms with Crippen LogP contribution in [0.15, 0.2) is 24.3 Å². The van der Waals surface area contributed by atoms with Crippen LogP contribution in [0.5, 0.6) is 0 Å². The van der Waals surface area contributed by atoms with Crippen LogP contribution in [0.3, 0.4) is 0 Å². The maximum absolute atomic E-state index is 12.5. The molecule has 0 aliphatic carbocycles. The third kappa shape index (κ3) is 49.8. The summed E-state index contributed by atoms with van der Waals surface area (Å²) in [7, 11) is 0. The summed E-state index contributed by atoms with van der Waals surface area (Å²) in [5, 5.41) is 23.1. The monoisotopic (exact) mass is 902 g/mol. The molecule has 64 heavy (non-hydrogen) atoms. The standard InChI is InChI=1S/C58H111NO5/c1-3-5-7-9-11-13-15-17-18-19-20-21-22-23-24-25-26-28-30-34-38-42-46-50-56(61)55(54-60)59-57(62)51-47-43-39-35-31-29-33-37-41-45-49-53-64-58(63)52-48-44-40-36-32-27-16-14-12-10-8-6-4-2/h33,37,46,50,55-56,60-61H,3-32,34-36,38-45,47-49,51-54H2,1-2H3,(H,59,62)/b37-33-,50-46+. The van der Waals surface area contributed by atoms with Crippen molar-refractivity contribution < 1.29 is 24.5 Å². The Morgan fingerprint density at radius 3 is 1.11 bits per heavy atom. The van der Waals surface area contributed by atoms with Gasteiger partial charge in [0.1, 0.15) is 0 Å². The van der Waals surface area contributed by atoms with E-state index in [1.54, 1.807) is 6.08 Å². The lowest BCUT2D eigenvalue weighted by atomic mass is 10.0. The van der Waals surface area contributed by atoms with E-state index in [2.05, 4.69) is 31.3 Å². The zero-order valence-electron chi connectivity index (χ0n) is 43.0. The van der Waals surface area contributed by atoms with Crippen molar-refractivity contribution in [2.75, 3.05) is 13.2 Å². The highest BCUT2D eigenvalue weighted by atomic mass is 16.5. The molecule has 0 rings (SSSR count). The Hall–Kier alpha value is -1.66. The average molecular weight is 903 g/mol. The number of aliphatic hydroxyl groups excluding tert-OH is 2. The van der Waals surface area contributed by atoms with E-state index >= 15 is 0 Å². The number of hydrogen-bond acceptors (Lipinski definition) is 5. The molecule has 6 nitrogen and oxygen atoms in total. The first-order valence-corrected chi connectivity index (χ1v) is 28.6. The van der Waals surface area contributed by atoms with Gasteiger partial charge < -0.3 is 20.3 Å². The first kappa shape index (κ1) is 62.3. The lowest BCUT2D eigenvalue weighted by Crippen LogP contribution is -2.45. The zero-order valence-corrected chi connectivity index (χ0v) is 43.0. The number of unbranched alkanes of at least 4 members (excludes halogenated alkanes) is 40. The summed E-state index contributed by atoms with van der Waals surface area (Å²) in [6.07, 6.45) is 64.9. The summed E-state index contributed by atoms with van der Waals surface area (Å²) in [6.45, 7) is 4.84. The number of esters is 1. The van der Waals surface area contributed by atoms with E-state index in [-0.39, 0.29) is 18.5 Å². The molecule has 0 radical (unpaired) electrons. The number of hydrogen-bond donors (Lipinski definition) is 3. The van der Waals surface area contributed by atoms with E-state index in [9.17, 15) is 19.8 Å². The molecule has 0 fully saturated rings. The van der Waals surface area contributed by atoms with Crippen molar-refractivity contribution >= 4 is 11.9 Å². The van der Waals surface area contributed by atoms with Crippen molar-refractivity contribution in [1.29, 1.82) is 0 Å². The quantitative estimate of drug-likeness (QED) is 0.0321. The number of aliphatic hydroxyl groups is 2. The molecule has 3 N–H and O–H groups in total. The van der Waals surface area contributed by atoms with E-state index in [1.807, 2.05) is 6.08 Å². The summed E-state index contributed by atoms with van der Waals surface area (Å²) in [5.41, 5.74) is 0. The normalized spacial score (nSPS) is 12.8. The Morgan fingerprint density at radius 1 is 0.422 bits per heavy atom. The van der Waals surface area contributed by atoms with Crippen molar-refractivity contribution in [3.8, 4) is 0 Å². The molecule has 378 valence electrons. The second-order valence-electron chi connectivity index (χ2n) is 19.6. The van der Waals surface area contributed by atoms with Crippen LogP contribution in [0.4, 0.5) is 0 Å². The molecule has 1 amide bonds. The van der Waals surface area contributed by atoms with Gasteiger partial charge in [0.15, 0.2) is 0 Å². The number of amides is 1. The molecule has 0 aromatic rings. The summed E-state index contributed by atoms with van der Waals surface area (Å²) in [4.78, 5) is 24.5. The summed E-state index contributed by atoms with van der Waals surface area (Å²) in [5.74, 6) is -0.125. The lowest BCUT2D eigenvalue weighted by Gasteiger charge is -2.20. The van der Waals surface area contributed by atoms with Crippen molar-refractivity contribution in [2.24, 2.45) is 0 Å². The summed E-state index contributed by atoms with van der Waals surface area (Å²) >= 11 is 0. The van der Waals surface area contributed by atoms with Crippen LogP contribution in [0.1, 0.15) is 309 Å². The van der Waals surface area contributed by atoms with Crippen LogP contribution >= 0.6 is 0 Å². The van der Waals surface area contributed by atoms with E-state index in [1.165, 1.54) is 199 Å². The van der Waals surface area contributed by atoms with Crippen LogP contribution in [-0.4, -0.2) is 47.4 Å². The van der Waals surface area contributed by atoms with Crippen LogP contribution in [0.25, 0.3) is 0 Å². The zero-order chi connectivity index (χ0) is 46.5. The minimum Gasteiger partial charge on any atom is -0.466 e. The van der Waals surface area contributed by atoms with Crippen molar-refractivity contribution in [3.63, 3.8) is 0 Å². The SMILES string of the molecule is CCCCCCCCCCCCCCCCCCCCCCC/C=C/C(O)C(CO)NC(=O)CCCCCCC/C=C\CCCCOC(=O)CCCCCCCCCCCCCCC. The van der Waals surface area contributed by atoms with Crippen molar-refractivity contribution in [2.45, 2.75) is 321 Å². The van der Waals surface area contributed by atoms with Crippen LogP contribution < -0.4 is 5.32 Å². The summed E-state index contributed by atoms with van der Waals surface area (Å²) < 4.78 is 5.44. The Morgan fingerprint density at radius 2 is 0.734 bits per heavy atom. The number of rotatable bonds is 53. The van der Waals surface area contributed by atoms with Crippen LogP contribution in [0, 0.1) is 0 Å². The molecule has 2 unspecified atom stereocenters. The third-order valence-electron chi connectivity index (χ3n) is 13.2. The maximum atomic E-state index is 12.5. The number of nitrogens with one attached hydrogen (secondary N) is 1. The Bertz CT molecular complexity index is 997. The molecule has 0 heterocycles. The number of carbonyl (C=O) groups excluding carboxylic acids is 2. The van der Waals surface area contributed by atoms with Gasteiger partial charge in [-0.1, -0.05) is 263 Å². The van der Waals surface area contributed by atoms with Gasteiger partial charge in [0, 0.05) is 12.8 Å². The predicted molar refractivity (Wildman–Crippen MR) is 278 cm³/mol. The van der Waals surface area contributed by atoms with Gasteiger partial charge in [-0.2, -0.15) is 0 Å². The molecular weight excluding hydrogens is 791 g/mol. The molecule has 6 heteroatoms. The second-order valence-corrected chi connectivity index (χ2v) is 19.6. The number of allylic oxidation sites excluding steroid dienone is 3. The van der Waals surface area contributed by atoms with Gasteiger partial charge in [0.05, 0.1) is 25.4 Å². The minimum absolute atomic E-state index is 0.0309. The van der Waals surface area contributed by atoms with Gasteiger partial charge in [-0.3, -0.25) is 9.59 Å². The molecular formula is C58H111NO5. The maximum Gasteiger partial charge on any atom is 0.305 e. The Kier molecular flexibility index (Phi) is 52.6. The fourth-order valence-corrected chi connectivity index (χ4v) is 8.81. The third-order valence-corrected chi connectivity index (χ3v) is 13.2. The van der Waals surface area contributed by atoms with Gasteiger partial charge in [-0.15, -0.1) is 0 Å². The first-order chi connectivity index (χ1) is 31.5. The molecule has 0 spiro atoms. The van der Waals surface area contributed by atoms with Gasteiger partial charge in [-0.25, -0.2) is 0 Å².